The topological polar surface area (TPSA) is 82.1 Å². The molecule has 1 aliphatic heterocycles. The number of rotatable bonds is 2. The van der Waals surface area contributed by atoms with E-state index >= 15 is 0 Å². The van der Waals surface area contributed by atoms with Crippen molar-refractivity contribution in [1.82, 2.24) is 0 Å². The first-order valence-electron chi connectivity index (χ1n) is 5.25. The fraction of sp³-hybridized carbons (Fsp3) is 0.333. The molecule has 0 aromatic heterocycles. The fourth-order valence-corrected chi connectivity index (χ4v) is 1.85. The summed E-state index contributed by atoms with van der Waals surface area (Å²) in [6.45, 7) is 0. The maximum Gasteiger partial charge on any atom is 0.338 e. The number of hydrogen-bond acceptors (Lipinski definition) is 6. The van der Waals surface area contributed by atoms with Gasteiger partial charge in [0, 0.05) is 12.0 Å². The lowest BCUT2D eigenvalue weighted by Crippen LogP contribution is -2.11. The lowest BCUT2D eigenvalue weighted by Gasteiger charge is -2.07. The molecule has 1 heterocycles. The second-order valence-corrected chi connectivity index (χ2v) is 3.76. The highest BCUT2D eigenvalue weighted by Gasteiger charge is 2.28. The molecule has 96 valence electrons. The van der Waals surface area contributed by atoms with Crippen molar-refractivity contribution < 1.29 is 28.9 Å². The molecule has 1 aromatic rings. The Morgan fingerprint density at radius 3 is 2.56 bits per heavy atom. The Bertz CT molecular complexity index is 508. The number of carbonyl (C=O) groups is 2. The van der Waals surface area contributed by atoms with Gasteiger partial charge in [-0.15, -0.1) is 0 Å². The van der Waals surface area contributed by atoms with Crippen LogP contribution in [0.2, 0.25) is 0 Å². The van der Waals surface area contributed by atoms with Gasteiger partial charge in [0.15, 0.2) is 0 Å². The van der Waals surface area contributed by atoms with Gasteiger partial charge in [-0.3, -0.25) is 0 Å². The number of hydrogen-bond donors (Lipinski definition) is 1. The molecule has 0 aliphatic carbocycles. The molecule has 1 unspecified atom stereocenters. The third-order valence-electron chi connectivity index (χ3n) is 2.68. The summed E-state index contributed by atoms with van der Waals surface area (Å²) in [7, 11) is 2.48. The molecule has 6 heteroatoms. The third-order valence-corrected chi connectivity index (χ3v) is 2.68. The van der Waals surface area contributed by atoms with Crippen LogP contribution in [-0.4, -0.2) is 37.6 Å². The van der Waals surface area contributed by atoms with Gasteiger partial charge in [-0.25, -0.2) is 9.59 Å². The molecule has 1 aromatic carbocycles. The largest absolute Gasteiger partial charge is 0.465 e. The van der Waals surface area contributed by atoms with E-state index in [1.165, 1.54) is 26.4 Å². The van der Waals surface area contributed by atoms with E-state index in [0.717, 1.165) is 0 Å². The maximum atomic E-state index is 11.6. The highest BCUT2D eigenvalue weighted by molar-refractivity contribution is 5.97. The fourth-order valence-electron chi connectivity index (χ4n) is 1.85. The Morgan fingerprint density at radius 1 is 1.28 bits per heavy atom. The number of benzene rings is 1. The number of methoxy groups -OCH3 is 2. The molecule has 6 nitrogen and oxygen atoms in total. The van der Waals surface area contributed by atoms with Gasteiger partial charge in [0.25, 0.3) is 0 Å². The predicted octanol–water partition coefficient (Wildman–Crippen LogP) is 0.513. The van der Waals surface area contributed by atoms with Crippen molar-refractivity contribution in [2.75, 3.05) is 14.2 Å². The van der Waals surface area contributed by atoms with Crippen LogP contribution in [0, 0.1) is 0 Å². The van der Waals surface area contributed by atoms with Crippen LogP contribution in [0.5, 0.6) is 5.75 Å². The van der Waals surface area contributed by atoms with Gasteiger partial charge in [-0.1, -0.05) is 0 Å². The van der Waals surface area contributed by atoms with E-state index in [1.807, 2.05) is 0 Å². The average Bonchev–Trinajstić information content (AvgIpc) is 2.75. The first kappa shape index (κ1) is 12.4. The van der Waals surface area contributed by atoms with Crippen LogP contribution in [0.4, 0.5) is 0 Å². The van der Waals surface area contributed by atoms with Crippen LogP contribution < -0.4 is 4.74 Å². The molecule has 0 radical (unpaired) electrons. The molecular formula is C12H12O6. The first-order chi connectivity index (χ1) is 8.56. The Balaban J connectivity index is 2.54. The van der Waals surface area contributed by atoms with Crippen molar-refractivity contribution >= 4 is 11.9 Å². The smallest absolute Gasteiger partial charge is 0.338 e. The van der Waals surface area contributed by atoms with Crippen LogP contribution in [0.3, 0.4) is 0 Å². The Morgan fingerprint density at radius 2 is 1.94 bits per heavy atom. The maximum absolute atomic E-state index is 11.6. The second kappa shape index (κ2) is 4.66. The van der Waals surface area contributed by atoms with Gasteiger partial charge in [-0.2, -0.15) is 0 Å². The summed E-state index contributed by atoms with van der Waals surface area (Å²) >= 11 is 0. The summed E-state index contributed by atoms with van der Waals surface area (Å²) in [6, 6.07) is 2.81. The van der Waals surface area contributed by atoms with E-state index in [9.17, 15) is 14.7 Å². The SMILES string of the molecule is COC(=O)c1cc2c(c(C(=O)OC)c1)CC(O)O2. The Kier molecular flexibility index (Phi) is 3.20. The normalized spacial score (nSPS) is 16.7. The van der Waals surface area contributed by atoms with Crippen molar-refractivity contribution in [2.24, 2.45) is 0 Å². The highest BCUT2D eigenvalue weighted by Crippen LogP contribution is 2.33. The summed E-state index contributed by atoms with van der Waals surface area (Å²) in [5.74, 6) is -0.881. The number of ether oxygens (including phenoxy) is 3. The molecule has 18 heavy (non-hydrogen) atoms. The zero-order valence-electron chi connectivity index (χ0n) is 9.93. The summed E-state index contributed by atoms with van der Waals surface area (Å²) in [5, 5.41) is 9.43. The summed E-state index contributed by atoms with van der Waals surface area (Å²) in [6.07, 6.45) is -0.836. The van der Waals surface area contributed by atoms with Crippen LogP contribution in [0.25, 0.3) is 0 Å². The first-order valence-corrected chi connectivity index (χ1v) is 5.25. The molecule has 1 N–H and O–H groups in total. The van der Waals surface area contributed by atoms with E-state index < -0.39 is 18.2 Å². The second-order valence-electron chi connectivity index (χ2n) is 3.76. The van der Waals surface area contributed by atoms with E-state index in [2.05, 4.69) is 9.47 Å². The zero-order valence-corrected chi connectivity index (χ0v) is 9.93. The van der Waals surface area contributed by atoms with Gasteiger partial charge in [-0.05, 0) is 12.1 Å². The van der Waals surface area contributed by atoms with Crippen LogP contribution in [0.15, 0.2) is 12.1 Å². The Hall–Kier alpha value is -2.08. The minimum absolute atomic E-state index is 0.172. The molecule has 1 atom stereocenters. The number of aliphatic hydroxyl groups is 1. The van der Waals surface area contributed by atoms with Crippen LogP contribution in [0.1, 0.15) is 26.3 Å². The van der Waals surface area contributed by atoms with Gasteiger partial charge in [0.05, 0.1) is 25.3 Å². The highest BCUT2D eigenvalue weighted by atomic mass is 16.6. The van der Waals surface area contributed by atoms with Gasteiger partial charge >= 0.3 is 11.9 Å². The van der Waals surface area contributed by atoms with Crippen LogP contribution >= 0.6 is 0 Å². The van der Waals surface area contributed by atoms with Crippen molar-refractivity contribution in [3.63, 3.8) is 0 Å². The van der Waals surface area contributed by atoms with Crippen molar-refractivity contribution in [1.29, 1.82) is 0 Å². The van der Waals surface area contributed by atoms with E-state index in [0.29, 0.717) is 11.3 Å². The average molecular weight is 252 g/mol. The van der Waals surface area contributed by atoms with Crippen molar-refractivity contribution in [2.45, 2.75) is 12.7 Å². The van der Waals surface area contributed by atoms with E-state index in [1.54, 1.807) is 0 Å². The molecule has 2 rings (SSSR count). The third kappa shape index (κ3) is 2.02. The molecule has 0 fully saturated rings. The minimum atomic E-state index is -1.02. The van der Waals surface area contributed by atoms with E-state index in [-0.39, 0.29) is 17.5 Å². The number of fused-ring (bicyclic) bond motifs is 1. The quantitative estimate of drug-likeness (QED) is 0.772. The van der Waals surface area contributed by atoms with Gasteiger partial charge in [0.1, 0.15) is 5.75 Å². The number of carbonyl (C=O) groups excluding carboxylic acids is 2. The van der Waals surface area contributed by atoms with Crippen molar-refractivity contribution in [3.05, 3.63) is 28.8 Å². The molecule has 0 saturated carbocycles. The minimum Gasteiger partial charge on any atom is -0.465 e. The molecular weight excluding hydrogens is 240 g/mol. The lowest BCUT2D eigenvalue weighted by atomic mass is 10.0. The zero-order chi connectivity index (χ0) is 13.3. The molecule has 0 bridgehead atoms. The molecule has 1 aliphatic rings. The van der Waals surface area contributed by atoms with Gasteiger partial charge < -0.3 is 19.3 Å². The van der Waals surface area contributed by atoms with Gasteiger partial charge in [0.2, 0.25) is 6.29 Å². The summed E-state index contributed by atoms with van der Waals surface area (Å²) in [4.78, 5) is 23.1. The van der Waals surface area contributed by atoms with E-state index in [4.69, 9.17) is 4.74 Å². The number of aliphatic hydroxyl groups excluding tert-OH is 1. The molecule has 0 amide bonds. The summed E-state index contributed by atoms with van der Waals surface area (Å²) in [5.41, 5.74) is 0.903. The monoisotopic (exact) mass is 252 g/mol. The Labute approximate surface area is 103 Å². The lowest BCUT2D eigenvalue weighted by molar-refractivity contribution is 0.00203. The standard InChI is InChI=1S/C12H12O6/c1-16-11(14)6-3-8(12(15)17-2)7-5-10(13)18-9(7)4-6/h3-4,10,13H,5H2,1-2H3. The molecule has 0 saturated heterocycles. The van der Waals surface area contributed by atoms with Crippen molar-refractivity contribution in [3.8, 4) is 5.75 Å². The predicted molar refractivity (Wildman–Crippen MR) is 59.5 cm³/mol. The molecule has 0 spiro atoms. The van der Waals surface area contributed by atoms with Crippen LogP contribution in [-0.2, 0) is 15.9 Å². The summed E-state index contributed by atoms with van der Waals surface area (Å²) < 4.78 is 14.3. The number of esters is 2.